The molecule has 16 heavy (non-hydrogen) atoms. The van der Waals surface area contributed by atoms with Gasteiger partial charge in [0.15, 0.2) is 0 Å². The van der Waals surface area contributed by atoms with Gasteiger partial charge in [0.05, 0.1) is 5.52 Å². The van der Waals surface area contributed by atoms with Crippen LogP contribution in [-0.4, -0.2) is 27.4 Å². The average molecular weight is 299 g/mol. The van der Waals surface area contributed by atoms with Gasteiger partial charge in [0, 0.05) is 22.2 Å². The van der Waals surface area contributed by atoms with Crippen molar-refractivity contribution in [3.05, 3.63) is 29.0 Å². The molecule has 0 unspecified atom stereocenters. The highest BCUT2D eigenvalue weighted by Gasteiger charge is 2.04. The van der Waals surface area contributed by atoms with E-state index in [9.17, 15) is 0 Å². The van der Waals surface area contributed by atoms with Crippen LogP contribution in [0.25, 0.3) is 10.9 Å². The first kappa shape index (κ1) is 11.8. The van der Waals surface area contributed by atoms with Crippen LogP contribution >= 0.6 is 27.7 Å². The number of benzene rings is 1. The molecule has 0 aliphatic rings. The molecule has 0 amide bonds. The van der Waals surface area contributed by atoms with Crippen molar-refractivity contribution in [3.8, 4) is 0 Å². The van der Waals surface area contributed by atoms with Crippen molar-refractivity contribution >= 4 is 38.6 Å². The molecule has 0 radical (unpaired) electrons. The molecule has 0 bridgehead atoms. The van der Waals surface area contributed by atoms with Gasteiger partial charge in [-0.3, -0.25) is 0 Å². The first-order valence-corrected chi connectivity index (χ1v) is 6.73. The fraction of sp³-hybridized carbons (Fsp3) is 0.273. The van der Waals surface area contributed by atoms with Crippen LogP contribution in [0.3, 0.4) is 0 Å². The molecule has 2 rings (SSSR count). The van der Waals surface area contributed by atoms with Crippen LogP contribution in [0.5, 0.6) is 0 Å². The normalized spacial score (nSPS) is 10.9. The van der Waals surface area contributed by atoms with Gasteiger partial charge in [-0.25, -0.2) is 9.97 Å². The van der Waals surface area contributed by atoms with Gasteiger partial charge in [-0.15, -0.1) is 11.8 Å². The van der Waals surface area contributed by atoms with Gasteiger partial charge in [0.1, 0.15) is 11.4 Å². The van der Waals surface area contributed by atoms with E-state index in [-0.39, 0.29) is 6.61 Å². The monoisotopic (exact) mass is 298 g/mol. The van der Waals surface area contributed by atoms with Gasteiger partial charge in [-0.1, -0.05) is 15.9 Å². The van der Waals surface area contributed by atoms with Crippen molar-refractivity contribution in [3.63, 3.8) is 0 Å². The topological polar surface area (TPSA) is 46.0 Å². The molecule has 0 aliphatic carbocycles. The SMILES string of the molecule is OCCCSc1ncnc2ccc(Br)cc12. The molecule has 0 fully saturated rings. The summed E-state index contributed by atoms with van der Waals surface area (Å²) in [6.07, 6.45) is 2.36. The Balaban J connectivity index is 2.32. The highest BCUT2D eigenvalue weighted by Crippen LogP contribution is 2.27. The molecule has 1 heterocycles. The first-order chi connectivity index (χ1) is 7.81. The summed E-state index contributed by atoms with van der Waals surface area (Å²) >= 11 is 5.09. The maximum atomic E-state index is 8.75. The van der Waals surface area contributed by atoms with Gasteiger partial charge in [-0.2, -0.15) is 0 Å². The smallest absolute Gasteiger partial charge is 0.117 e. The maximum absolute atomic E-state index is 8.75. The largest absolute Gasteiger partial charge is 0.396 e. The number of aliphatic hydroxyl groups is 1. The molecule has 84 valence electrons. The zero-order valence-corrected chi connectivity index (χ0v) is 11.0. The number of aromatic nitrogens is 2. The van der Waals surface area contributed by atoms with E-state index in [1.165, 1.54) is 0 Å². The standard InChI is InChI=1S/C11H11BrN2OS/c12-8-2-3-10-9(6-8)11(14-7-13-10)16-5-1-4-15/h2-3,6-7,15H,1,4-5H2. The molecular formula is C11H11BrN2OS. The molecule has 0 spiro atoms. The summed E-state index contributed by atoms with van der Waals surface area (Å²) in [4.78, 5) is 8.49. The van der Waals surface area contributed by atoms with E-state index < -0.39 is 0 Å². The zero-order valence-electron chi connectivity index (χ0n) is 8.56. The van der Waals surface area contributed by atoms with Crippen molar-refractivity contribution in [2.75, 3.05) is 12.4 Å². The van der Waals surface area contributed by atoms with Crippen LogP contribution in [0.2, 0.25) is 0 Å². The minimum atomic E-state index is 0.222. The van der Waals surface area contributed by atoms with Crippen LogP contribution in [0, 0.1) is 0 Å². The summed E-state index contributed by atoms with van der Waals surface area (Å²) in [6.45, 7) is 0.222. The second kappa shape index (κ2) is 5.61. The number of hydrogen-bond donors (Lipinski definition) is 1. The summed E-state index contributed by atoms with van der Waals surface area (Å²) < 4.78 is 1.03. The average Bonchev–Trinajstić information content (AvgIpc) is 2.30. The summed E-state index contributed by atoms with van der Waals surface area (Å²) in [5.74, 6) is 0.870. The summed E-state index contributed by atoms with van der Waals surface area (Å²) in [7, 11) is 0. The molecule has 2 aromatic rings. The third-order valence-corrected chi connectivity index (χ3v) is 3.69. The molecule has 0 saturated heterocycles. The highest BCUT2D eigenvalue weighted by atomic mass is 79.9. The highest BCUT2D eigenvalue weighted by molar-refractivity contribution is 9.10. The Morgan fingerprint density at radius 3 is 3.00 bits per heavy atom. The maximum Gasteiger partial charge on any atom is 0.117 e. The van der Waals surface area contributed by atoms with Gasteiger partial charge in [0.25, 0.3) is 0 Å². The van der Waals surface area contributed by atoms with Crippen LogP contribution < -0.4 is 0 Å². The Kier molecular flexibility index (Phi) is 4.15. The molecule has 1 aromatic carbocycles. The first-order valence-electron chi connectivity index (χ1n) is 4.95. The minimum absolute atomic E-state index is 0.222. The predicted octanol–water partition coefficient (Wildman–Crippen LogP) is 2.87. The molecule has 0 atom stereocenters. The fourth-order valence-electron chi connectivity index (χ4n) is 1.35. The molecule has 0 aliphatic heterocycles. The van der Waals surface area contributed by atoms with Gasteiger partial charge in [0.2, 0.25) is 0 Å². The van der Waals surface area contributed by atoms with E-state index >= 15 is 0 Å². The van der Waals surface area contributed by atoms with Crippen molar-refractivity contribution in [2.24, 2.45) is 0 Å². The van der Waals surface area contributed by atoms with E-state index in [1.54, 1.807) is 18.1 Å². The van der Waals surface area contributed by atoms with Crippen molar-refractivity contribution < 1.29 is 5.11 Å². The van der Waals surface area contributed by atoms with E-state index in [4.69, 9.17) is 5.11 Å². The van der Waals surface area contributed by atoms with Crippen LogP contribution in [0.15, 0.2) is 34.0 Å². The van der Waals surface area contributed by atoms with Crippen molar-refractivity contribution in [2.45, 2.75) is 11.4 Å². The van der Waals surface area contributed by atoms with Crippen LogP contribution in [0.1, 0.15) is 6.42 Å². The lowest BCUT2D eigenvalue weighted by Crippen LogP contribution is -1.90. The lowest BCUT2D eigenvalue weighted by molar-refractivity contribution is 0.296. The quantitative estimate of drug-likeness (QED) is 0.536. The lowest BCUT2D eigenvalue weighted by Gasteiger charge is -2.04. The Morgan fingerprint density at radius 2 is 2.19 bits per heavy atom. The third-order valence-electron chi connectivity index (χ3n) is 2.10. The van der Waals surface area contributed by atoms with Crippen molar-refractivity contribution in [1.29, 1.82) is 0 Å². The Labute approximate surface area is 106 Å². The third kappa shape index (κ3) is 2.72. The number of thioether (sulfide) groups is 1. The second-order valence-corrected chi connectivity index (χ2v) is 5.27. The molecule has 1 N–H and O–H groups in total. The Bertz CT molecular complexity index is 492. The van der Waals surface area contributed by atoms with Gasteiger partial charge in [-0.05, 0) is 24.6 Å². The number of hydrogen-bond acceptors (Lipinski definition) is 4. The predicted molar refractivity (Wildman–Crippen MR) is 69.7 cm³/mol. The molecule has 5 heteroatoms. The number of fused-ring (bicyclic) bond motifs is 1. The van der Waals surface area contributed by atoms with Gasteiger partial charge < -0.3 is 5.11 Å². The number of nitrogens with zero attached hydrogens (tertiary/aromatic N) is 2. The minimum Gasteiger partial charge on any atom is -0.396 e. The number of halogens is 1. The number of aliphatic hydroxyl groups excluding tert-OH is 1. The lowest BCUT2D eigenvalue weighted by atomic mass is 10.2. The number of rotatable bonds is 4. The van der Waals surface area contributed by atoms with E-state index in [0.717, 1.165) is 32.6 Å². The second-order valence-electron chi connectivity index (χ2n) is 3.27. The van der Waals surface area contributed by atoms with Crippen LogP contribution in [-0.2, 0) is 0 Å². The van der Waals surface area contributed by atoms with Gasteiger partial charge >= 0.3 is 0 Å². The van der Waals surface area contributed by atoms with E-state index in [1.807, 2.05) is 18.2 Å². The Hall–Kier alpha value is -0.650. The molecule has 0 saturated carbocycles. The van der Waals surface area contributed by atoms with E-state index in [2.05, 4.69) is 25.9 Å². The van der Waals surface area contributed by atoms with Crippen molar-refractivity contribution in [1.82, 2.24) is 9.97 Å². The zero-order chi connectivity index (χ0) is 11.4. The summed E-state index contributed by atoms with van der Waals surface area (Å²) in [5.41, 5.74) is 0.949. The van der Waals surface area contributed by atoms with Crippen LogP contribution in [0.4, 0.5) is 0 Å². The molecule has 3 nitrogen and oxygen atoms in total. The summed E-state index contributed by atoms with van der Waals surface area (Å²) in [6, 6.07) is 5.96. The van der Waals surface area contributed by atoms with E-state index in [0.29, 0.717) is 0 Å². The summed E-state index contributed by atoms with van der Waals surface area (Å²) in [5, 5.41) is 10.8. The Morgan fingerprint density at radius 1 is 1.31 bits per heavy atom. The fourth-order valence-corrected chi connectivity index (χ4v) is 2.62. The molecule has 1 aromatic heterocycles. The molecular weight excluding hydrogens is 288 g/mol.